The molecule has 7 heteroatoms. The highest BCUT2D eigenvalue weighted by molar-refractivity contribution is 5.89. The zero-order valence-corrected chi connectivity index (χ0v) is 21.3. The predicted octanol–water partition coefficient (Wildman–Crippen LogP) is 8.21. The van der Waals surface area contributed by atoms with E-state index in [4.69, 9.17) is 15.7 Å². The summed E-state index contributed by atoms with van der Waals surface area (Å²) < 4.78 is 40.8. The molecule has 4 nitrogen and oxygen atoms in total. The van der Waals surface area contributed by atoms with Gasteiger partial charge in [-0.3, -0.25) is 0 Å². The molecule has 0 saturated heterocycles. The fourth-order valence-corrected chi connectivity index (χ4v) is 4.42. The van der Waals surface area contributed by atoms with E-state index in [1.54, 1.807) is 6.07 Å². The zero-order chi connectivity index (χ0) is 26.8. The Kier molecular flexibility index (Phi) is 9.49. The van der Waals surface area contributed by atoms with Crippen molar-refractivity contribution in [1.29, 1.82) is 0 Å². The van der Waals surface area contributed by atoms with Gasteiger partial charge in [-0.2, -0.15) is 13.2 Å². The van der Waals surface area contributed by atoms with E-state index >= 15 is 0 Å². The van der Waals surface area contributed by atoms with Gasteiger partial charge in [-0.1, -0.05) is 98.5 Å². The fourth-order valence-electron chi connectivity index (χ4n) is 4.42. The van der Waals surface area contributed by atoms with Gasteiger partial charge in [-0.05, 0) is 37.1 Å². The first-order valence-corrected chi connectivity index (χ1v) is 13.1. The average molecular weight is 519 g/mol. The maximum atomic E-state index is 13.6. The molecule has 0 radical (unpaired) electrons. The van der Waals surface area contributed by atoms with Crippen molar-refractivity contribution in [3.8, 4) is 33.8 Å². The van der Waals surface area contributed by atoms with Gasteiger partial charge < -0.3 is 11.1 Å². The van der Waals surface area contributed by atoms with Crippen molar-refractivity contribution in [3.05, 3.63) is 90.5 Å². The van der Waals surface area contributed by atoms with Gasteiger partial charge in [0.05, 0.1) is 16.8 Å². The lowest BCUT2D eigenvalue weighted by molar-refractivity contribution is -0.137. The highest BCUT2D eigenvalue weighted by Gasteiger charge is 2.31. The lowest BCUT2D eigenvalue weighted by Gasteiger charge is -2.18. The second-order valence-electron chi connectivity index (χ2n) is 9.27. The monoisotopic (exact) mass is 518 g/mol. The Balaban J connectivity index is 1.75. The Morgan fingerprint density at radius 1 is 0.658 bits per heavy atom. The Morgan fingerprint density at radius 2 is 1.26 bits per heavy atom. The fraction of sp³-hybridized carbons (Fsp3) is 0.290. The quantitative estimate of drug-likeness (QED) is 0.186. The molecule has 198 valence electrons. The van der Waals surface area contributed by atoms with Crippen molar-refractivity contribution in [3.63, 3.8) is 0 Å². The summed E-state index contributed by atoms with van der Waals surface area (Å²) in [6.45, 7) is 1.43. The molecule has 4 rings (SSSR count). The summed E-state index contributed by atoms with van der Waals surface area (Å²) in [6.07, 6.45) is 2.09. The number of hydrogen-bond donors (Lipinski definition) is 2. The maximum Gasteiger partial charge on any atom is 0.416 e. The number of alkyl halides is 3. The van der Waals surface area contributed by atoms with Crippen molar-refractivity contribution in [1.82, 2.24) is 9.97 Å². The molecule has 1 aromatic heterocycles. The lowest BCUT2D eigenvalue weighted by Crippen LogP contribution is -2.09. The summed E-state index contributed by atoms with van der Waals surface area (Å²) in [4.78, 5) is 9.71. The number of nitrogens with zero attached hydrogens (tertiary/aromatic N) is 2. The second-order valence-corrected chi connectivity index (χ2v) is 9.27. The van der Waals surface area contributed by atoms with Crippen LogP contribution in [0.1, 0.15) is 44.1 Å². The Labute approximate surface area is 222 Å². The number of nitrogens with two attached hydrogens (primary N) is 1. The maximum absolute atomic E-state index is 13.6. The zero-order valence-electron chi connectivity index (χ0n) is 21.3. The van der Waals surface area contributed by atoms with Gasteiger partial charge in [0.15, 0.2) is 5.82 Å². The smallest absolute Gasteiger partial charge is 0.369 e. The number of anilines is 1. The minimum absolute atomic E-state index is 0.390. The standard InChI is InChI=1S/C31H33F3N4/c32-31(33,34)26-19-13-18-25(22-26)28-27(23-14-7-5-8-15-23)30(36-21-12-4-2-1-3-11-20-35)38-29(37-28)24-16-9-6-10-17-24/h5-10,13-19,22H,1-4,11-12,20-21,35H2,(H,36,37,38). The van der Waals surface area contributed by atoms with Crippen LogP contribution in [0.2, 0.25) is 0 Å². The van der Waals surface area contributed by atoms with Crippen LogP contribution in [0.25, 0.3) is 33.8 Å². The first-order chi connectivity index (χ1) is 18.5. The second kappa shape index (κ2) is 13.2. The minimum Gasteiger partial charge on any atom is -0.369 e. The highest BCUT2D eigenvalue weighted by Crippen LogP contribution is 2.39. The first-order valence-electron chi connectivity index (χ1n) is 13.1. The van der Waals surface area contributed by atoms with Crippen LogP contribution in [0.5, 0.6) is 0 Å². The average Bonchev–Trinajstić information content (AvgIpc) is 2.94. The third-order valence-electron chi connectivity index (χ3n) is 6.39. The van der Waals surface area contributed by atoms with Gasteiger partial charge in [0.25, 0.3) is 0 Å². The summed E-state index contributed by atoms with van der Waals surface area (Å²) in [5.41, 5.74) is 8.04. The number of rotatable bonds is 12. The van der Waals surface area contributed by atoms with E-state index in [0.717, 1.165) is 68.3 Å². The molecule has 0 aliphatic carbocycles. The number of nitrogens with one attached hydrogen (secondary N) is 1. The third-order valence-corrected chi connectivity index (χ3v) is 6.39. The number of aromatic nitrogens is 2. The Bertz CT molecular complexity index is 1290. The molecular weight excluding hydrogens is 485 g/mol. The number of unbranched alkanes of at least 4 members (excludes halogenated alkanes) is 5. The number of halogens is 3. The van der Waals surface area contributed by atoms with Gasteiger partial charge in [0.1, 0.15) is 5.82 Å². The summed E-state index contributed by atoms with van der Waals surface area (Å²) in [5.74, 6) is 1.07. The minimum atomic E-state index is -4.45. The SMILES string of the molecule is NCCCCCCCCNc1nc(-c2ccccc2)nc(-c2cccc(C(F)(F)F)c2)c1-c1ccccc1. The molecule has 0 saturated carbocycles. The van der Waals surface area contributed by atoms with Gasteiger partial charge in [0.2, 0.25) is 0 Å². The van der Waals surface area contributed by atoms with Crippen LogP contribution in [-0.2, 0) is 6.18 Å². The molecule has 0 unspecified atom stereocenters. The Morgan fingerprint density at radius 3 is 1.92 bits per heavy atom. The lowest BCUT2D eigenvalue weighted by atomic mass is 9.97. The molecular formula is C31H33F3N4. The summed E-state index contributed by atoms with van der Waals surface area (Å²) in [6, 6.07) is 24.4. The summed E-state index contributed by atoms with van der Waals surface area (Å²) in [5, 5.41) is 3.49. The molecule has 0 aliphatic heterocycles. The molecule has 0 fully saturated rings. The molecule has 0 amide bonds. The third kappa shape index (κ3) is 7.19. The van der Waals surface area contributed by atoms with Crippen molar-refractivity contribution >= 4 is 5.82 Å². The molecule has 38 heavy (non-hydrogen) atoms. The van der Waals surface area contributed by atoms with Crippen molar-refractivity contribution in [2.75, 3.05) is 18.4 Å². The van der Waals surface area contributed by atoms with E-state index < -0.39 is 11.7 Å². The molecule has 0 aliphatic rings. The van der Waals surface area contributed by atoms with E-state index in [2.05, 4.69) is 5.32 Å². The topological polar surface area (TPSA) is 63.8 Å². The van der Waals surface area contributed by atoms with Crippen LogP contribution in [0, 0.1) is 0 Å². The van der Waals surface area contributed by atoms with Crippen LogP contribution < -0.4 is 11.1 Å². The van der Waals surface area contributed by atoms with E-state index in [-0.39, 0.29) is 0 Å². The van der Waals surface area contributed by atoms with E-state index in [1.165, 1.54) is 6.07 Å². The van der Waals surface area contributed by atoms with Crippen LogP contribution >= 0.6 is 0 Å². The predicted molar refractivity (Wildman–Crippen MR) is 149 cm³/mol. The van der Waals surface area contributed by atoms with Crippen molar-refractivity contribution in [2.24, 2.45) is 5.73 Å². The molecule has 4 aromatic rings. The van der Waals surface area contributed by atoms with Crippen molar-refractivity contribution < 1.29 is 13.2 Å². The molecule has 1 heterocycles. The van der Waals surface area contributed by atoms with E-state index in [0.29, 0.717) is 35.0 Å². The molecule has 3 N–H and O–H groups in total. The van der Waals surface area contributed by atoms with Gasteiger partial charge in [-0.15, -0.1) is 0 Å². The molecule has 0 spiro atoms. The van der Waals surface area contributed by atoms with Gasteiger partial charge in [-0.25, -0.2) is 9.97 Å². The van der Waals surface area contributed by atoms with Gasteiger partial charge >= 0.3 is 6.18 Å². The van der Waals surface area contributed by atoms with Crippen LogP contribution in [0.3, 0.4) is 0 Å². The summed E-state index contributed by atoms with van der Waals surface area (Å²) >= 11 is 0. The Hall–Kier alpha value is -3.71. The molecule has 0 atom stereocenters. The van der Waals surface area contributed by atoms with Crippen LogP contribution in [0.15, 0.2) is 84.9 Å². The number of hydrogen-bond acceptors (Lipinski definition) is 4. The van der Waals surface area contributed by atoms with Gasteiger partial charge in [0, 0.05) is 17.7 Å². The first kappa shape index (κ1) is 27.3. The van der Waals surface area contributed by atoms with E-state index in [1.807, 2.05) is 60.7 Å². The highest BCUT2D eigenvalue weighted by atomic mass is 19.4. The van der Waals surface area contributed by atoms with Crippen molar-refractivity contribution in [2.45, 2.75) is 44.7 Å². The van der Waals surface area contributed by atoms with Crippen LogP contribution in [0.4, 0.5) is 19.0 Å². The molecule has 3 aromatic carbocycles. The summed E-state index contributed by atoms with van der Waals surface area (Å²) in [7, 11) is 0. The normalized spacial score (nSPS) is 11.5. The van der Waals surface area contributed by atoms with Crippen LogP contribution in [-0.4, -0.2) is 23.1 Å². The van der Waals surface area contributed by atoms with E-state index in [9.17, 15) is 13.2 Å². The number of benzene rings is 3. The molecule has 0 bridgehead atoms. The largest absolute Gasteiger partial charge is 0.416 e.